The number of halogens is 2. The highest BCUT2D eigenvalue weighted by Gasteiger charge is 2.09. The van der Waals surface area contributed by atoms with E-state index in [4.69, 9.17) is 32.7 Å². The van der Waals surface area contributed by atoms with E-state index in [1.807, 2.05) is 12.1 Å². The lowest BCUT2D eigenvalue weighted by Crippen LogP contribution is -1.95. The molecule has 0 saturated heterocycles. The average Bonchev–Trinajstić information content (AvgIpc) is 2.48. The third-order valence-corrected chi connectivity index (χ3v) is 3.24. The Hall–Kier alpha value is -1.91. The number of rotatable bonds is 5. The Kier molecular flexibility index (Phi) is 5.31. The van der Waals surface area contributed by atoms with Crippen molar-refractivity contribution in [2.45, 2.75) is 0 Å². The van der Waals surface area contributed by atoms with Gasteiger partial charge in [0, 0.05) is 5.02 Å². The van der Waals surface area contributed by atoms with E-state index < -0.39 is 0 Å². The van der Waals surface area contributed by atoms with E-state index >= 15 is 0 Å². The minimum absolute atomic E-state index is 0.463. The molecule has 0 bridgehead atoms. The van der Waals surface area contributed by atoms with Crippen molar-refractivity contribution in [2.75, 3.05) is 19.6 Å². The highest BCUT2D eigenvalue weighted by atomic mass is 35.5. The highest BCUT2D eigenvalue weighted by molar-refractivity contribution is 6.32. The standard InChI is InChI=1S/C15H14Cl2N2O2/c1-20-14-8-10(7-13(17)15(14)21-2)9-18-19-12-5-3-11(16)4-6-12/h3-9,19H,1-2H3/b18-9+. The summed E-state index contributed by atoms with van der Waals surface area (Å²) in [6.45, 7) is 0. The predicted octanol–water partition coefficient (Wildman–Crippen LogP) is 4.46. The Morgan fingerprint density at radius 1 is 1.05 bits per heavy atom. The van der Waals surface area contributed by atoms with Gasteiger partial charge in [-0.05, 0) is 42.0 Å². The van der Waals surface area contributed by atoms with Gasteiger partial charge in [0.15, 0.2) is 11.5 Å². The number of hydrogen-bond acceptors (Lipinski definition) is 4. The van der Waals surface area contributed by atoms with Crippen molar-refractivity contribution in [2.24, 2.45) is 5.10 Å². The molecule has 2 rings (SSSR count). The average molecular weight is 325 g/mol. The maximum atomic E-state index is 6.13. The molecule has 4 nitrogen and oxygen atoms in total. The molecule has 0 aromatic heterocycles. The van der Waals surface area contributed by atoms with Crippen LogP contribution in [0.15, 0.2) is 41.5 Å². The second-order valence-electron chi connectivity index (χ2n) is 4.12. The number of nitrogens with zero attached hydrogens (tertiary/aromatic N) is 1. The van der Waals surface area contributed by atoms with E-state index in [2.05, 4.69) is 10.5 Å². The van der Waals surface area contributed by atoms with Gasteiger partial charge in [-0.1, -0.05) is 23.2 Å². The molecule has 0 radical (unpaired) electrons. The molecule has 0 aliphatic heterocycles. The quantitative estimate of drug-likeness (QED) is 0.652. The fourth-order valence-corrected chi connectivity index (χ4v) is 2.14. The zero-order valence-corrected chi connectivity index (χ0v) is 13.1. The van der Waals surface area contributed by atoms with Gasteiger partial charge in [-0.3, -0.25) is 5.43 Å². The Morgan fingerprint density at radius 3 is 2.38 bits per heavy atom. The SMILES string of the molecule is COc1cc(/C=N/Nc2ccc(Cl)cc2)cc(Cl)c1OC. The van der Waals surface area contributed by atoms with Crippen LogP contribution in [0.1, 0.15) is 5.56 Å². The maximum Gasteiger partial charge on any atom is 0.179 e. The van der Waals surface area contributed by atoms with Crippen molar-refractivity contribution >= 4 is 35.1 Å². The minimum Gasteiger partial charge on any atom is -0.493 e. The van der Waals surface area contributed by atoms with Gasteiger partial charge in [0.25, 0.3) is 0 Å². The summed E-state index contributed by atoms with van der Waals surface area (Å²) in [6.07, 6.45) is 1.64. The molecule has 0 aliphatic carbocycles. The third kappa shape index (κ3) is 4.03. The van der Waals surface area contributed by atoms with Crippen molar-refractivity contribution in [3.8, 4) is 11.5 Å². The topological polar surface area (TPSA) is 42.8 Å². The van der Waals surface area contributed by atoms with Crippen LogP contribution in [0.3, 0.4) is 0 Å². The molecular weight excluding hydrogens is 311 g/mol. The minimum atomic E-state index is 0.463. The van der Waals surface area contributed by atoms with Gasteiger partial charge in [0.05, 0.1) is 31.1 Å². The van der Waals surface area contributed by atoms with E-state index in [-0.39, 0.29) is 0 Å². The predicted molar refractivity (Wildman–Crippen MR) is 87.2 cm³/mol. The molecule has 0 heterocycles. The molecule has 0 unspecified atom stereocenters. The lowest BCUT2D eigenvalue weighted by atomic mass is 10.2. The summed E-state index contributed by atoms with van der Waals surface area (Å²) in [6, 6.07) is 10.8. The number of anilines is 1. The summed E-state index contributed by atoms with van der Waals surface area (Å²) in [5.74, 6) is 1.06. The van der Waals surface area contributed by atoms with Crippen LogP contribution in [-0.2, 0) is 0 Å². The number of ether oxygens (including phenoxy) is 2. The second-order valence-corrected chi connectivity index (χ2v) is 4.96. The molecule has 6 heteroatoms. The van der Waals surface area contributed by atoms with Crippen LogP contribution in [0.25, 0.3) is 0 Å². The smallest absolute Gasteiger partial charge is 0.179 e. The van der Waals surface area contributed by atoms with E-state index in [0.29, 0.717) is 21.5 Å². The Morgan fingerprint density at radius 2 is 1.76 bits per heavy atom. The van der Waals surface area contributed by atoms with Gasteiger partial charge in [-0.15, -0.1) is 0 Å². The van der Waals surface area contributed by atoms with E-state index in [0.717, 1.165) is 11.3 Å². The lowest BCUT2D eigenvalue weighted by Gasteiger charge is -2.10. The van der Waals surface area contributed by atoms with Crippen LogP contribution in [0, 0.1) is 0 Å². The van der Waals surface area contributed by atoms with Crippen LogP contribution < -0.4 is 14.9 Å². The monoisotopic (exact) mass is 324 g/mol. The molecule has 2 aromatic rings. The normalized spacial score (nSPS) is 10.7. The number of benzene rings is 2. The van der Waals surface area contributed by atoms with Crippen LogP contribution in [0.4, 0.5) is 5.69 Å². The van der Waals surface area contributed by atoms with Crippen molar-refractivity contribution in [1.29, 1.82) is 0 Å². The molecule has 0 amide bonds. The van der Waals surface area contributed by atoms with Crippen LogP contribution in [-0.4, -0.2) is 20.4 Å². The Labute approximate surface area is 133 Å². The van der Waals surface area contributed by atoms with Gasteiger partial charge < -0.3 is 9.47 Å². The van der Waals surface area contributed by atoms with E-state index in [9.17, 15) is 0 Å². The largest absolute Gasteiger partial charge is 0.493 e. The first-order valence-electron chi connectivity index (χ1n) is 6.10. The summed E-state index contributed by atoms with van der Waals surface area (Å²) in [7, 11) is 3.10. The van der Waals surface area contributed by atoms with Crippen molar-refractivity contribution in [3.63, 3.8) is 0 Å². The molecule has 21 heavy (non-hydrogen) atoms. The number of methoxy groups -OCH3 is 2. The van der Waals surface area contributed by atoms with Crippen LogP contribution >= 0.6 is 23.2 Å². The van der Waals surface area contributed by atoms with Gasteiger partial charge >= 0.3 is 0 Å². The van der Waals surface area contributed by atoms with Crippen LogP contribution in [0.2, 0.25) is 10.0 Å². The summed E-state index contributed by atoms with van der Waals surface area (Å²) >= 11 is 11.9. The first-order chi connectivity index (χ1) is 10.1. The first kappa shape index (κ1) is 15.5. The van der Waals surface area contributed by atoms with Crippen molar-refractivity contribution in [3.05, 3.63) is 52.0 Å². The summed E-state index contributed by atoms with van der Waals surface area (Å²) in [5, 5.41) is 5.28. The summed E-state index contributed by atoms with van der Waals surface area (Å²) in [5.41, 5.74) is 4.53. The van der Waals surface area contributed by atoms with Gasteiger partial charge in [0.1, 0.15) is 0 Å². The maximum absolute atomic E-state index is 6.13. The third-order valence-electron chi connectivity index (χ3n) is 2.71. The molecule has 0 aliphatic rings. The fourth-order valence-electron chi connectivity index (χ4n) is 1.72. The number of hydrazone groups is 1. The number of nitrogens with one attached hydrogen (secondary N) is 1. The van der Waals surface area contributed by atoms with Crippen molar-refractivity contribution < 1.29 is 9.47 Å². The second kappa shape index (κ2) is 7.20. The summed E-state index contributed by atoms with van der Waals surface area (Å²) < 4.78 is 10.4. The van der Waals surface area contributed by atoms with Gasteiger partial charge in [-0.2, -0.15) is 5.10 Å². The molecule has 0 atom stereocenters. The zero-order chi connectivity index (χ0) is 15.2. The highest BCUT2D eigenvalue weighted by Crippen LogP contribution is 2.35. The molecular formula is C15H14Cl2N2O2. The molecule has 0 saturated carbocycles. The molecule has 110 valence electrons. The van der Waals surface area contributed by atoms with E-state index in [1.165, 1.54) is 0 Å². The van der Waals surface area contributed by atoms with Crippen molar-refractivity contribution in [1.82, 2.24) is 0 Å². The first-order valence-corrected chi connectivity index (χ1v) is 6.86. The van der Waals surface area contributed by atoms with Crippen LogP contribution in [0.5, 0.6) is 11.5 Å². The molecule has 2 aromatic carbocycles. The fraction of sp³-hybridized carbons (Fsp3) is 0.133. The van der Waals surface area contributed by atoms with E-state index in [1.54, 1.807) is 44.7 Å². The Balaban J connectivity index is 2.13. The molecule has 1 N–H and O–H groups in total. The molecule has 0 fully saturated rings. The Bertz CT molecular complexity index is 643. The molecule has 0 spiro atoms. The number of hydrogen-bond donors (Lipinski definition) is 1. The summed E-state index contributed by atoms with van der Waals surface area (Å²) in [4.78, 5) is 0. The lowest BCUT2D eigenvalue weighted by molar-refractivity contribution is 0.355. The van der Waals surface area contributed by atoms with Gasteiger partial charge in [-0.25, -0.2) is 0 Å². The zero-order valence-electron chi connectivity index (χ0n) is 11.6. The van der Waals surface area contributed by atoms with Gasteiger partial charge in [0.2, 0.25) is 0 Å².